The lowest BCUT2D eigenvalue weighted by atomic mass is 10.2. The normalized spacial score (nSPS) is 11.6. The zero-order chi connectivity index (χ0) is 13.0. The highest BCUT2D eigenvalue weighted by Gasteiger charge is 2.05. The Morgan fingerprint density at radius 1 is 1.17 bits per heavy atom. The fourth-order valence-corrected chi connectivity index (χ4v) is 3.60. The van der Waals surface area contributed by atoms with E-state index >= 15 is 0 Å². The number of fused-ring (bicyclic) bond motifs is 1. The van der Waals surface area contributed by atoms with E-state index in [1.54, 1.807) is 11.3 Å². The van der Waals surface area contributed by atoms with E-state index < -0.39 is 0 Å². The Hall–Kier alpha value is 0.160. The number of thiol groups is 3. The fourth-order valence-electron chi connectivity index (χ4n) is 1.87. The molecule has 0 aliphatic carbocycles. The van der Waals surface area contributed by atoms with Gasteiger partial charge in [0.05, 0.1) is 15.2 Å². The number of thiazole rings is 1. The lowest BCUT2D eigenvalue weighted by Crippen LogP contribution is -1.89. The summed E-state index contributed by atoms with van der Waals surface area (Å²) in [6.45, 7) is 0. The fraction of sp³-hybridized carbons (Fsp3) is 0.462. The Bertz CT molecular complexity index is 507. The van der Waals surface area contributed by atoms with Gasteiger partial charge in [0.2, 0.25) is 0 Å². The van der Waals surface area contributed by atoms with Crippen LogP contribution >= 0.6 is 49.2 Å². The number of aryl methyl sites for hydroxylation is 1. The second kappa shape index (κ2) is 7.08. The molecule has 0 radical (unpaired) electrons. The Kier molecular flexibility index (Phi) is 5.73. The molecular weight excluding hydrogens is 298 g/mol. The third-order valence-corrected chi connectivity index (χ3v) is 4.75. The van der Waals surface area contributed by atoms with Gasteiger partial charge in [-0.25, -0.2) is 4.98 Å². The molecule has 0 atom stereocenters. The number of hydrogen-bond donors (Lipinski definition) is 3. The van der Waals surface area contributed by atoms with E-state index in [2.05, 4.69) is 48.9 Å². The topological polar surface area (TPSA) is 12.9 Å². The van der Waals surface area contributed by atoms with Crippen molar-refractivity contribution in [3.8, 4) is 0 Å². The largest absolute Gasteiger partial charge is 0.240 e. The Balaban J connectivity index is 1.87. The van der Waals surface area contributed by atoms with Crippen LogP contribution in [0.4, 0.5) is 0 Å². The minimum absolute atomic E-state index is 0.221. The molecule has 1 heterocycles. The molecule has 0 saturated heterocycles. The average molecular weight is 316 g/mol. The molecule has 0 bridgehead atoms. The maximum atomic E-state index is 4.66. The van der Waals surface area contributed by atoms with Crippen molar-refractivity contribution in [2.45, 2.75) is 41.6 Å². The van der Waals surface area contributed by atoms with Crippen molar-refractivity contribution in [1.82, 2.24) is 4.98 Å². The highest BCUT2D eigenvalue weighted by molar-refractivity contribution is 7.99. The molecule has 0 N–H and O–H groups in total. The number of nitrogens with zero attached hydrogens (tertiary/aromatic N) is 1. The van der Waals surface area contributed by atoms with Gasteiger partial charge in [-0.3, -0.25) is 0 Å². The van der Waals surface area contributed by atoms with Crippen molar-refractivity contribution in [3.05, 3.63) is 23.2 Å². The van der Waals surface area contributed by atoms with Crippen LogP contribution in [0.15, 0.2) is 23.1 Å². The van der Waals surface area contributed by atoms with Crippen molar-refractivity contribution < 1.29 is 0 Å². The second-order valence-corrected chi connectivity index (χ2v) is 7.56. The summed E-state index contributed by atoms with van der Waals surface area (Å²) in [6, 6.07) is 6.14. The van der Waals surface area contributed by atoms with Crippen LogP contribution < -0.4 is 0 Å². The van der Waals surface area contributed by atoms with Gasteiger partial charge in [-0.15, -0.1) is 24.0 Å². The minimum atomic E-state index is 0.221. The summed E-state index contributed by atoms with van der Waals surface area (Å²) < 4.78 is 1.46. The number of rotatable bonds is 6. The maximum absolute atomic E-state index is 4.66. The second-order valence-electron chi connectivity index (χ2n) is 4.31. The predicted octanol–water partition coefficient (Wildman–Crippen LogP) is 4.87. The van der Waals surface area contributed by atoms with Gasteiger partial charge in [-0.05, 0) is 31.4 Å². The first kappa shape index (κ1) is 14.6. The van der Waals surface area contributed by atoms with Gasteiger partial charge in [0.15, 0.2) is 0 Å². The molecule has 18 heavy (non-hydrogen) atoms. The summed E-state index contributed by atoms with van der Waals surface area (Å²) in [5, 5.41) is 1.22. The molecule has 0 aliphatic heterocycles. The monoisotopic (exact) mass is 315 g/mol. The molecule has 1 aromatic heterocycles. The first-order valence-corrected chi connectivity index (χ1v) is 8.40. The Labute approximate surface area is 129 Å². The third kappa shape index (κ3) is 4.08. The van der Waals surface area contributed by atoms with E-state index in [1.807, 2.05) is 12.1 Å². The summed E-state index contributed by atoms with van der Waals surface area (Å²) in [6.07, 6.45) is 5.75. The molecule has 0 aliphatic rings. The van der Waals surface area contributed by atoms with Gasteiger partial charge in [0.25, 0.3) is 0 Å². The zero-order valence-corrected chi connectivity index (χ0v) is 13.5. The summed E-state index contributed by atoms with van der Waals surface area (Å²) in [5.41, 5.74) is 1.05. The van der Waals surface area contributed by atoms with Crippen LogP contribution in [0.2, 0.25) is 0 Å². The van der Waals surface area contributed by atoms with Crippen LogP contribution in [0.5, 0.6) is 0 Å². The molecular formula is C13H17NS4. The molecule has 98 valence electrons. The molecule has 0 fully saturated rings. The van der Waals surface area contributed by atoms with Crippen molar-refractivity contribution in [2.75, 3.05) is 0 Å². The van der Waals surface area contributed by atoms with Crippen LogP contribution in [0, 0.1) is 0 Å². The van der Waals surface area contributed by atoms with E-state index in [9.17, 15) is 0 Å². The average Bonchev–Trinajstić information content (AvgIpc) is 2.72. The highest BCUT2D eigenvalue weighted by Crippen LogP contribution is 2.27. The lowest BCUT2D eigenvalue weighted by molar-refractivity contribution is 0.663. The molecule has 0 unspecified atom stereocenters. The predicted molar refractivity (Wildman–Crippen MR) is 90.8 cm³/mol. The van der Waals surface area contributed by atoms with Gasteiger partial charge in [0.1, 0.15) is 0 Å². The van der Waals surface area contributed by atoms with Crippen LogP contribution in [0.3, 0.4) is 0 Å². The number of para-hydroxylation sites is 1. The van der Waals surface area contributed by atoms with Crippen molar-refractivity contribution >= 4 is 59.4 Å². The first-order valence-electron chi connectivity index (χ1n) is 6.10. The Morgan fingerprint density at radius 3 is 2.72 bits per heavy atom. The molecule has 1 aromatic carbocycles. The van der Waals surface area contributed by atoms with Crippen LogP contribution in [-0.4, -0.2) is 9.57 Å². The molecule has 5 heteroatoms. The van der Waals surface area contributed by atoms with E-state index in [4.69, 9.17) is 0 Å². The number of aromatic nitrogens is 1. The van der Waals surface area contributed by atoms with Crippen molar-refractivity contribution in [3.63, 3.8) is 0 Å². The Morgan fingerprint density at radius 2 is 2.00 bits per heavy atom. The first-order chi connectivity index (χ1) is 8.66. The zero-order valence-electron chi connectivity index (χ0n) is 10.0. The summed E-state index contributed by atoms with van der Waals surface area (Å²) in [4.78, 5) is 5.63. The molecule has 0 amide bonds. The van der Waals surface area contributed by atoms with Crippen LogP contribution in [-0.2, 0) is 6.42 Å². The summed E-state index contributed by atoms with van der Waals surface area (Å²) >= 11 is 14.7. The van der Waals surface area contributed by atoms with Crippen LogP contribution in [0.25, 0.3) is 10.2 Å². The van der Waals surface area contributed by atoms with Gasteiger partial charge in [-0.1, -0.05) is 18.9 Å². The van der Waals surface area contributed by atoms with Gasteiger partial charge >= 0.3 is 0 Å². The standard InChI is InChI=1S/C13H17NS4/c15-9-5-4-6-10-13(9)14-11(18-10)7-2-1-3-8-12(16)17/h4-6,12,15-17H,1-3,7-8H2. The van der Waals surface area contributed by atoms with Crippen molar-refractivity contribution in [2.24, 2.45) is 0 Å². The summed E-state index contributed by atoms with van der Waals surface area (Å²) in [7, 11) is 0. The summed E-state index contributed by atoms with van der Waals surface area (Å²) in [5.74, 6) is 0. The third-order valence-electron chi connectivity index (χ3n) is 2.79. The SMILES string of the molecule is Sc1cccc2sc(CCCCCC(S)S)nc12. The number of hydrogen-bond acceptors (Lipinski definition) is 5. The van der Waals surface area contributed by atoms with Crippen LogP contribution in [0.1, 0.15) is 30.7 Å². The van der Waals surface area contributed by atoms with Gasteiger partial charge in [0, 0.05) is 9.48 Å². The van der Waals surface area contributed by atoms with Crippen molar-refractivity contribution in [1.29, 1.82) is 0 Å². The quantitative estimate of drug-likeness (QED) is 0.392. The van der Waals surface area contributed by atoms with E-state index in [0.29, 0.717) is 0 Å². The molecule has 2 rings (SSSR count). The molecule has 0 saturated carbocycles. The van der Waals surface area contributed by atoms with E-state index in [0.717, 1.165) is 23.3 Å². The van der Waals surface area contributed by atoms with E-state index in [-0.39, 0.29) is 4.58 Å². The number of benzene rings is 1. The van der Waals surface area contributed by atoms with Gasteiger partial charge < -0.3 is 0 Å². The maximum Gasteiger partial charge on any atom is 0.0948 e. The molecule has 0 spiro atoms. The minimum Gasteiger partial charge on any atom is -0.240 e. The highest BCUT2D eigenvalue weighted by atomic mass is 32.2. The van der Waals surface area contributed by atoms with E-state index in [1.165, 1.54) is 29.0 Å². The molecule has 2 aromatic rings. The lowest BCUT2D eigenvalue weighted by Gasteiger charge is -2.01. The smallest absolute Gasteiger partial charge is 0.0948 e. The number of unbranched alkanes of at least 4 members (excludes halogenated alkanes) is 2. The van der Waals surface area contributed by atoms with Gasteiger partial charge in [-0.2, -0.15) is 25.3 Å². The molecule has 1 nitrogen and oxygen atoms in total.